The number of sulfone groups is 1. The van der Waals surface area contributed by atoms with Crippen molar-refractivity contribution in [1.29, 1.82) is 0 Å². The third-order valence-corrected chi connectivity index (χ3v) is 15.4. The molecule has 10 nitrogen and oxygen atoms in total. The number of pyridine rings is 2. The van der Waals surface area contributed by atoms with E-state index < -0.39 is 44.7 Å². The summed E-state index contributed by atoms with van der Waals surface area (Å²) in [5.41, 5.74) is -3.45. The smallest absolute Gasteiger partial charge is 0.322 e. The number of imidazole rings is 2. The zero-order valence-electron chi connectivity index (χ0n) is 32.8. The molecule has 0 saturated heterocycles. The molecule has 20 heteroatoms. The van der Waals surface area contributed by atoms with Gasteiger partial charge in [-0.15, -0.1) is 34.4 Å². The van der Waals surface area contributed by atoms with Crippen LogP contribution in [0.4, 0.5) is 26.3 Å². The van der Waals surface area contributed by atoms with Gasteiger partial charge in [-0.2, -0.15) is 26.3 Å². The highest BCUT2D eigenvalue weighted by Crippen LogP contribution is 2.45. The number of hydrogen-bond acceptors (Lipinski definition) is 9. The van der Waals surface area contributed by atoms with Crippen LogP contribution in [0.3, 0.4) is 0 Å². The lowest BCUT2D eigenvalue weighted by atomic mass is 10.2. The van der Waals surface area contributed by atoms with Crippen molar-refractivity contribution in [2.45, 2.75) is 62.9 Å². The molecule has 0 radical (unpaired) electrons. The second-order valence-corrected chi connectivity index (χ2v) is 19.1. The van der Waals surface area contributed by atoms with Crippen molar-refractivity contribution < 1.29 is 34.8 Å². The van der Waals surface area contributed by atoms with Crippen molar-refractivity contribution in [3.05, 3.63) is 92.8 Å². The summed E-state index contributed by atoms with van der Waals surface area (Å²) >= 11 is 4.38. The van der Waals surface area contributed by atoms with Crippen molar-refractivity contribution in [2.75, 3.05) is 11.5 Å². The van der Waals surface area contributed by atoms with E-state index >= 15 is 0 Å². The standard InChI is InChI=1S/C20H18F3N3O3S2.C20H18F3N3OS2/c1-4-26-14(20(21,22)23)10-12-15(19(26)27)25(3)18(24-12)16-17(31(28,29)5-2)11-8-6-7-9-13(11)30-16;1-4-26-14(20(21,22)23)10-12-15(19(26)27)25(3)18(24-12)17-16(28-5-2)11-8-6-7-9-13(11)29-17/h6-10H,4-5H2,1-3H3;6-10H,4-5H2,1-3H3. The van der Waals surface area contributed by atoms with Gasteiger partial charge in [-0.3, -0.25) is 9.59 Å². The quantitative estimate of drug-likeness (QED) is 0.110. The van der Waals surface area contributed by atoms with Crippen molar-refractivity contribution in [2.24, 2.45) is 14.1 Å². The van der Waals surface area contributed by atoms with Gasteiger partial charge in [-0.25, -0.2) is 18.4 Å². The maximum Gasteiger partial charge on any atom is 0.431 e. The fourth-order valence-electron chi connectivity index (χ4n) is 7.22. The van der Waals surface area contributed by atoms with E-state index in [1.54, 1.807) is 47.6 Å². The van der Waals surface area contributed by atoms with E-state index in [4.69, 9.17) is 0 Å². The molecule has 0 aliphatic carbocycles. The third kappa shape index (κ3) is 7.23. The van der Waals surface area contributed by atoms with Crippen molar-refractivity contribution in [3.8, 4) is 21.4 Å². The molecule has 0 spiro atoms. The Morgan fingerprint density at radius 2 is 1.10 bits per heavy atom. The summed E-state index contributed by atoms with van der Waals surface area (Å²) in [6.45, 7) is 6.33. The first-order valence-electron chi connectivity index (χ1n) is 18.5. The van der Waals surface area contributed by atoms with Gasteiger partial charge in [0.25, 0.3) is 11.1 Å². The zero-order valence-corrected chi connectivity index (χ0v) is 36.1. The van der Waals surface area contributed by atoms with E-state index in [2.05, 4.69) is 9.97 Å². The number of thiophene rings is 2. The Morgan fingerprint density at radius 1 is 0.667 bits per heavy atom. The number of fused-ring (bicyclic) bond motifs is 4. The van der Waals surface area contributed by atoms with E-state index in [0.29, 0.717) is 25.4 Å². The number of hydrogen-bond donors (Lipinski definition) is 0. The molecule has 60 heavy (non-hydrogen) atoms. The van der Waals surface area contributed by atoms with Crippen LogP contribution in [-0.2, 0) is 49.4 Å². The number of aromatic nitrogens is 6. The zero-order chi connectivity index (χ0) is 43.6. The number of nitrogens with zero attached hydrogens (tertiary/aromatic N) is 6. The summed E-state index contributed by atoms with van der Waals surface area (Å²) in [4.78, 5) is 36.8. The van der Waals surface area contributed by atoms with E-state index in [-0.39, 0.29) is 51.6 Å². The molecule has 2 aromatic carbocycles. The van der Waals surface area contributed by atoms with E-state index in [0.717, 1.165) is 42.3 Å². The van der Waals surface area contributed by atoms with Gasteiger partial charge in [0.15, 0.2) is 21.5 Å². The van der Waals surface area contributed by atoms with Gasteiger partial charge in [0.05, 0.1) is 31.4 Å². The van der Waals surface area contributed by atoms with Gasteiger partial charge < -0.3 is 18.3 Å². The van der Waals surface area contributed by atoms with Crippen LogP contribution in [0, 0.1) is 0 Å². The predicted octanol–water partition coefficient (Wildman–Crippen LogP) is 10.2. The molecule has 0 fully saturated rings. The Kier molecular flexibility index (Phi) is 11.4. The van der Waals surface area contributed by atoms with Crippen molar-refractivity contribution in [3.63, 3.8) is 0 Å². The van der Waals surface area contributed by atoms with Crippen molar-refractivity contribution in [1.82, 2.24) is 28.2 Å². The molecule has 0 aliphatic rings. The normalized spacial score (nSPS) is 12.6. The minimum Gasteiger partial charge on any atom is -0.322 e. The van der Waals surface area contributed by atoms with Crippen LogP contribution in [0.15, 0.2) is 80.0 Å². The van der Waals surface area contributed by atoms with Crippen LogP contribution >= 0.6 is 34.4 Å². The number of alkyl halides is 6. The van der Waals surface area contributed by atoms with Gasteiger partial charge in [0.1, 0.15) is 22.4 Å². The first-order chi connectivity index (χ1) is 28.3. The van der Waals surface area contributed by atoms with E-state index in [1.165, 1.54) is 55.1 Å². The summed E-state index contributed by atoms with van der Waals surface area (Å²) < 4.78 is 113. The summed E-state index contributed by atoms with van der Waals surface area (Å²) in [6.07, 6.45) is -9.35. The minimum atomic E-state index is -4.73. The fraction of sp³-hybridized carbons (Fsp3) is 0.300. The largest absolute Gasteiger partial charge is 0.431 e. The molecule has 316 valence electrons. The van der Waals surface area contributed by atoms with Crippen molar-refractivity contribution >= 4 is 86.5 Å². The Bertz CT molecular complexity index is 3210. The summed E-state index contributed by atoms with van der Waals surface area (Å²) in [5, 5.41) is 1.62. The van der Waals surface area contributed by atoms with Crippen LogP contribution in [-0.4, -0.2) is 48.2 Å². The average molecular weight is 907 g/mol. The molecule has 0 unspecified atom stereocenters. The predicted molar refractivity (Wildman–Crippen MR) is 227 cm³/mol. The minimum absolute atomic E-state index is 0.0119. The highest BCUT2D eigenvalue weighted by molar-refractivity contribution is 7.99. The lowest BCUT2D eigenvalue weighted by Gasteiger charge is -2.13. The molecule has 8 aromatic rings. The Hall–Kier alpha value is -4.92. The molecule has 0 atom stereocenters. The first-order valence-corrected chi connectivity index (χ1v) is 22.8. The summed E-state index contributed by atoms with van der Waals surface area (Å²) in [6, 6.07) is 16.7. The van der Waals surface area contributed by atoms with Crippen LogP contribution in [0.25, 0.3) is 63.6 Å². The molecule has 6 heterocycles. The number of aryl methyl sites for hydroxylation is 2. The SMILES string of the molecule is CCSc1c(-c2nc3cc(C(F)(F)F)n(CC)c(=O)c3n2C)sc2ccccc12.CCn1c(C(F)(F)F)cc2nc(-c3sc4ccccc4c3S(=O)(=O)CC)n(C)c2c1=O. The molecular formula is C40H36F6N6O4S4. The van der Waals surface area contributed by atoms with E-state index in [9.17, 15) is 44.3 Å². The Balaban J connectivity index is 0.000000182. The topological polar surface area (TPSA) is 114 Å². The Morgan fingerprint density at radius 3 is 1.55 bits per heavy atom. The van der Waals surface area contributed by atoms with Gasteiger partial charge in [0, 0.05) is 52.3 Å². The first kappa shape index (κ1) is 43.2. The van der Waals surface area contributed by atoms with Crippen LogP contribution in [0.5, 0.6) is 0 Å². The van der Waals surface area contributed by atoms with Gasteiger partial charge in [0.2, 0.25) is 0 Å². The number of benzene rings is 2. The van der Waals surface area contributed by atoms with Gasteiger partial charge in [-0.05, 0) is 43.9 Å². The maximum atomic E-state index is 13.5. The molecule has 0 N–H and O–H groups in total. The highest BCUT2D eigenvalue weighted by Gasteiger charge is 2.37. The van der Waals surface area contributed by atoms with Crippen LogP contribution < -0.4 is 11.1 Å². The number of rotatable bonds is 8. The highest BCUT2D eigenvalue weighted by atomic mass is 32.2. The summed E-state index contributed by atoms with van der Waals surface area (Å²) in [5.74, 6) is 1.35. The summed E-state index contributed by atoms with van der Waals surface area (Å²) in [7, 11) is -0.484. The Labute approximate surface area is 350 Å². The second kappa shape index (κ2) is 15.8. The molecular weight excluding hydrogens is 871 g/mol. The third-order valence-electron chi connectivity index (χ3n) is 9.97. The molecule has 0 aliphatic heterocycles. The lowest BCUT2D eigenvalue weighted by molar-refractivity contribution is -0.144. The van der Waals surface area contributed by atoms with E-state index in [1.807, 2.05) is 31.2 Å². The van der Waals surface area contributed by atoms with Crippen LogP contribution in [0.1, 0.15) is 39.1 Å². The molecule has 8 rings (SSSR count). The van der Waals surface area contributed by atoms with Gasteiger partial charge in [-0.1, -0.05) is 50.2 Å². The number of halogens is 6. The molecule has 6 aromatic heterocycles. The average Bonchev–Trinajstić information content (AvgIpc) is 3.95. The fourth-order valence-corrected chi connectivity index (χ4v) is 12.4. The number of thioether (sulfide) groups is 1. The molecule has 0 saturated carbocycles. The monoisotopic (exact) mass is 906 g/mol. The lowest BCUT2D eigenvalue weighted by Crippen LogP contribution is -2.28. The molecule has 0 amide bonds. The van der Waals surface area contributed by atoms with Crippen LogP contribution in [0.2, 0.25) is 0 Å². The maximum absolute atomic E-state index is 13.5. The van der Waals surface area contributed by atoms with Gasteiger partial charge >= 0.3 is 12.4 Å². The second-order valence-electron chi connectivity index (χ2n) is 13.5. The molecule has 0 bridgehead atoms.